The van der Waals surface area contributed by atoms with E-state index in [4.69, 9.17) is 5.26 Å². The van der Waals surface area contributed by atoms with Gasteiger partial charge in [0.1, 0.15) is 11.5 Å². The van der Waals surface area contributed by atoms with E-state index in [1.807, 2.05) is 11.0 Å². The highest BCUT2D eigenvalue weighted by Crippen LogP contribution is 2.28. The molecule has 0 aliphatic carbocycles. The summed E-state index contributed by atoms with van der Waals surface area (Å²) in [6, 6.07) is 12.9. The fourth-order valence-electron chi connectivity index (χ4n) is 3.12. The van der Waals surface area contributed by atoms with E-state index in [1.54, 1.807) is 30.3 Å². The van der Waals surface area contributed by atoms with Crippen LogP contribution in [-0.4, -0.2) is 24.1 Å². The minimum Gasteiger partial charge on any atom is -0.375 e. The predicted molar refractivity (Wildman–Crippen MR) is 93.1 cm³/mol. The number of para-hydroxylation sites is 2. The molecule has 1 aliphatic heterocycles. The predicted octanol–water partition coefficient (Wildman–Crippen LogP) is 3.69. The summed E-state index contributed by atoms with van der Waals surface area (Å²) in [6.07, 6.45) is 1.69. The number of hydrogen-bond donors (Lipinski definition) is 1. The summed E-state index contributed by atoms with van der Waals surface area (Å²) in [5.74, 6) is -0.426. The average molecular weight is 340 g/mol. The molecule has 1 fully saturated rings. The Morgan fingerprint density at radius 2 is 2.12 bits per heavy atom. The number of nitro groups is 1. The third-order valence-electron chi connectivity index (χ3n) is 4.30. The molecule has 1 atom stereocenters. The van der Waals surface area contributed by atoms with Crippen LogP contribution in [0.15, 0.2) is 42.5 Å². The van der Waals surface area contributed by atoms with Gasteiger partial charge in [0.2, 0.25) is 0 Å². The number of piperidine rings is 1. The van der Waals surface area contributed by atoms with E-state index in [1.165, 1.54) is 12.1 Å². The first-order valence-electron chi connectivity index (χ1n) is 8.03. The van der Waals surface area contributed by atoms with Crippen molar-refractivity contribution in [1.82, 2.24) is 0 Å². The van der Waals surface area contributed by atoms with Gasteiger partial charge in [-0.05, 0) is 37.1 Å². The van der Waals surface area contributed by atoms with Gasteiger partial charge in [0, 0.05) is 25.2 Å². The second-order valence-electron chi connectivity index (χ2n) is 5.98. The van der Waals surface area contributed by atoms with Crippen molar-refractivity contribution in [2.75, 3.05) is 23.3 Å². The Morgan fingerprint density at radius 3 is 2.84 bits per heavy atom. The van der Waals surface area contributed by atoms with Crippen molar-refractivity contribution in [1.29, 1.82) is 5.26 Å². The van der Waals surface area contributed by atoms with Crippen molar-refractivity contribution in [2.24, 2.45) is 0 Å². The molecule has 1 unspecified atom stereocenters. The number of anilines is 2. The number of nitrogens with zero attached hydrogens (tertiary/aromatic N) is 3. The number of rotatable bonds is 4. The molecule has 6 nitrogen and oxygen atoms in total. The van der Waals surface area contributed by atoms with E-state index in [9.17, 15) is 14.5 Å². The van der Waals surface area contributed by atoms with Crippen molar-refractivity contribution in [3.8, 4) is 6.07 Å². The maximum Gasteiger partial charge on any atom is 0.292 e. The van der Waals surface area contributed by atoms with Crippen LogP contribution in [-0.2, 0) is 0 Å². The van der Waals surface area contributed by atoms with Crippen LogP contribution in [0.25, 0.3) is 0 Å². The quantitative estimate of drug-likeness (QED) is 0.678. The Kier molecular flexibility index (Phi) is 4.80. The molecule has 2 aromatic carbocycles. The first-order valence-corrected chi connectivity index (χ1v) is 8.03. The van der Waals surface area contributed by atoms with Gasteiger partial charge < -0.3 is 10.2 Å². The minimum atomic E-state index is -0.426. The second-order valence-corrected chi connectivity index (χ2v) is 5.98. The average Bonchev–Trinajstić information content (AvgIpc) is 2.62. The summed E-state index contributed by atoms with van der Waals surface area (Å²) >= 11 is 0. The Balaban J connectivity index is 1.76. The molecule has 7 heteroatoms. The van der Waals surface area contributed by atoms with Crippen LogP contribution in [0, 0.1) is 27.3 Å². The number of nitro benzene ring substituents is 1. The number of nitriles is 1. The van der Waals surface area contributed by atoms with Crippen molar-refractivity contribution in [2.45, 2.75) is 18.9 Å². The fourth-order valence-corrected chi connectivity index (χ4v) is 3.12. The van der Waals surface area contributed by atoms with Gasteiger partial charge in [-0.1, -0.05) is 12.1 Å². The lowest BCUT2D eigenvalue weighted by Gasteiger charge is -2.35. The van der Waals surface area contributed by atoms with Crippen molar-refractivity contribution < 1.29 is 9.31 Å². The third-order valence-corrected chi connectivity index (χ3v) is 4.30. The maximum absolute atomic E-state index is 14.2. The van der Waals surface area contributed by atoms with E-state index in [2.05, 4.69) is 5.32 Å². The van der Waals surface area contributed by atoms with E-state index in [-0.39, 0.29) is 17.3 Å². The first kappa shape index (κ1) is 16.7. The van der Waals surface area contributed by atoms with Gasteiger partial charge in [-0.25, -0.2) is 4.39 Å². The van der Waals surface area contributed by atoms with Gasteiger partial charge in [-0.2, -0.15) is 5.26 Å². The zero-order chi connectivity index (χ0) is 17.8. The molecule has 0 spiro atoms. The Morgan fingerprint density at radius 1 is 1.32 bits per heavy atom. The monoisotopic (exact) mass is 340 g/mol. The Bertz CT molecular complexity index is 834. The van der Waals surface area contributed by atoms with Crippen LogP contribution in [0.3, 0.4) is 0 Å². The molecule has 0 saturated carbocycles. The Hall–Kier alpha value is -3.14. The first-order chi connectivity index (χ1) is 12.1. The zero-order valence-electron chi connectivity index (χ0n) is 13.5. The van der Waals surface area contributed by atoms with Gasteiger partial charge in [-0.15, -0.1) is 0 Å². The molecule has 0 bridgehead atoms. The topological polar surface area (TPSA) is 82.2 Å². The lowest BCUT2D eigenvalue weighted by Crippen LogP contribution is -2.42. The summed E-state index contributed by atoms with van der Waals surface area (Å²) < 4.78 is 14.2. The zero-order valence-corrected chi connectivity index (χ0v) is 13.5. The second kappa shape index (κ2) is 7.18. The maximum atomic E-state index is 14.2. The summed E-state index contributed by atoms with van der Waals surface area (Å²) in [5.41, 5.74) is 1.24. The highest BCUT2D eigenvalue weighted by atomic mass is 19.1. The molecule has 1 heterocycles. The number of hydrogen-bond acceptors (Lipinski definition) is 5. The molecular formula is C18H17FN4O2. The number of nitrogens with one attached hydrogen (secondary N) is 1. The highest BCUT2D eigenvalue weighted by molar-refractivity contribution is 5.62. The normalized spacial score (nSPS) is 17.0. The van der Waals surface area contributed by atoms with Crippen molar-refractivity contribution in [3.63, 3.8) is 0 Å². The third kappa shape index (κ3) is 3.69. The van der Waals surface area contributed by atoms with Gasteiger partial charge >= 0.3 is 0 Å². The summed E-state index contributed by atoms with van der Waals surface area (Å²) in [5, 5.41) is 23.2. The molecule has 0 radical (unpaired) electrons. The molecular weight excluding hydrogens is 323 g/mol. The van der Waals surface area contributed by atoms with E-state index < -0.39 is 10.7 Å². The molecule has 0 amide bonds. The van der Waals surface area contributed by atoms with Gasteiger partial charge in [0.05, 0.1) is 22.2 Å². The summed E-state index contributed by atoms with van der Waals surface area (Å²) in [4.78, 5) is 12.6. The van der Waals surface area contributed by atoms with Crippen LogP contribution >= 0.6 is 0 Å². The molecule has 3 rings (SSSR count). The number of halogens is 1. The molecule has 1 saturated heterocycles. The molecule has 2 aromatic rings. The van der Waals surface area contributed by atoms with Gasteiger partial charge in [0.25, 0.3) is 5.69 Å². The SMILES string of the molecule is N#Cc1ccc(N2CCCC(Nc3ccccc3[N+](=O)[O-])C2)c(F)c1. The van der Waals surface area contributed by atoms with Crippen molar-refractivity contribution >= 4 is 17.1 Å². The molecule has 1 N–H and O–H groups in total. The molecule has 0 aromatic heterocycles. The largest absolute Gasteiger partial charge is 0.375 e. The van der Waals surface area contributed by atoms with E-state index >= 15 is 0 Å². The van der Waals surface area contributed by atoms with Crippen LogP contribution in [0.5, 0.6) is 0 Å². The van der Waals surface area contributed by atoms with Crippen LogP contribution in [0.4, 0.5) is 21.5 Å². The van der Waals surface area contributed by atoms with Crippen LogP contribution in [0.2, 0.25) is 0 Å². The van der Waals surface area contributed by atoms with Crippen LogP contribution < -0.4 is 10.2 Å². The standard InChI is InChI=1S/C18H17FN4O2/c19-15-10-13(11-20)7-8-17(15)22-9-3-4-14(12-22)21-16-5-1-2-6-18(16)23(24)25/h1-2,5-8,10,14,21H,3-4,9,12H2. The molecule has 128 valence electrons. The van der Waals surface area contributed by atoms with E-state index in [0.29, 0.717) is 24.5 Å². The van der Waals surface area contributed by atoms with Gasteiger partial charge in [-0.3, -0.25) is 10.1 Å². The van der Waals surface area contributed by atoms with Gasteiger partial charge in [0.15, 0.2) is 0 Å². The van der Waals surface area contributed by atoms with E-state index in [0.717, 1.165) is 12.8 Å². The smallest absolute Gasteiger partial charge is 0.292 e. The lowest BCUT2D eigenvalue weighted by atomic mass is 10.0. The molecule has 25 heavy (non-hydrogen) atoms. The molecule has 1 aliphatic rings. The summed E-state index contributed by atoms with van der Waals surface area (Å²) in [7, 11) is 0. The Labute approximate surface area is 144 Å². The van der Waals surface area contributed by atoms with Crippen LogP contribution in [0.1, 0.15) is 18.4 Å². The fraction of sp³-hybridized carbons (Fsp3) is 0.278. The lowest BCUT2D eigenvalue weighted by molar-refractivity contribution is -0.384. The number of benzene rings is 2. The minimum absolute atomic E-state index is 0.0232. The van der Waals surface area contributed by atoms with Crippen molar-refractivity contribution in [3.05, 3.63) is 64.0 Å². The highest BCUT2D eigenvalue weighted by Gasteiger charge is 2.24. The summed E-state index contributed by atoms with van der Waals surface area (Å²) in [6.45, 7) is 1.24.